The first-order chi connectivity index (χ1) is 16.3. The number of hydrogen-bond acceptors (Lipinski definition) is 11. The van der Waals surface area contributed by atoms with Crippen LogP contribution in [0.15, 0.2) is 0 Å². The number of esters is 5. The Hall–Kier alpha value is -3.17. The predicted octanol–water partition coefficient (Wildman–Crippen LogP) is 0.103. The van der Waals surface area contributed by atoms with Gasteiger partial charge in [-0.2, -0.15) is 0 Å². The molecule has 0 bridgehead atoms. The molecule has 1 heterocycles. The molecule has 1 rings (SSSR count). The van der Waals surface area contributed by atoms with Crippen LogP contribution in [0.3, 0.4) is 0 Å². The molecular weight excluding hydrogens is 466 g/mol. The monoisotopic (exact) mass is 500 g/mol. The van der Waals surface area contributed by atoms with Crippen molar-refractivity contribution in [3.8, 4) is 12.3 Å². The van der Waals surface area contributed by atoms with Gasteiger partial charge in [0, 0.05) is 34.1 Å². The maximum atomic E-state index is 12.6. The Labute approximate surface area is 204 Å². The van der Waals surface area contributed by atoms with Crippen LogP contribution in [-0.4, -0.2) is 98.8 Å². The summed E-state index contributed by atoms with van der Waals surface area (Å²) in [5, 5.41) is 0. The van der Waals surface area contributed by atoms with Crippen molar-refractivity contribution in [1.29, 1.82) is 0 Å². The van der Waals surface area contributed by atoms with Crippen molar-refractivity contribution in [2.75, 3.05) is 33.8 Å². The third-order valence-corrected chi connectivity index (χ3v) is 4.86. The molecule has 0 aliphatic carbocycles. The zero-order valence-electron chi connectivity index (χ0n) is 20.9. The molecule has 12 nitrogen and oxygen atoms in total. The highest BCUT2D eigenvalue weighted by Crippen LogP contribution is 2.30. The van der Waals surface area contributed by atoms with Crippen LogP contribution < -0.4 is 0 Å². The van der Waals surface area contributed by atoms with Gasteiger partial charge in [0.1, 0.15) is 19.3 Å². The highest BCUT2D eigenvalue weighted by molar-refractivity contribution is 5.70. The number of hydrogen-bond donors (Lipinski definition) is 0. The second-order valence-corrected chi connectivity index (χ2v) is 8.68. The summed E-state index contributed by atoms with van der Waals surface area (Å²) in [6, 6.07) is 0. The zero-order chi connectivity index (χ0) is 26.8. The molecule has 0 N–H and O–H groups in total. The molecule has 0 aromatic heterocycles. The average Bonchev–Trinajstić information content (AvgIpc) is 2.69. The number of nitrogens with zero attached hydrogens (tertiary/aromatic N) is 1. The Morgan fingerprint density at radius 2 is 1.37 bits per heavy atom. The molecule has 5 atom stereocenters. The van der Waals surface area contributed by atoms with E-state index in [1.54, 1.807) is 0 Å². The molecule has 0 aromatic carbocycles. The zero-order valence-corrected chi connectivity index (χ0v) is 20.9. The molecule has 0 saturated carbocycles. The Balaban J connectivity index is 3.15. The fourth-order valence-electron chi connectivity index (χ4n) is 3.45. The van der Waals surface area contributed by atoms with Crippen molar-refractivity contribution in [2.45, 2.75) is 71.2 Å². The van der Waals surface area contributed by atoms with E-state index in [-0.39, 0.29) is 6.42 Å². The molecule has 1 unspecified atom stereocenters. The van der Waals surface area contributed by atoms with Gasteiger partial charge in [-0.15, -0.1) is 6.42 Å². The molecule has 0 spiro atoms. The van der Waals surface area contributed by atoms with Gasteiger partial charge in [0.05, 0.1) is 27.1 Å². The van der Waals surface area contributed by atoms with Crippen LogP contribution in [0.5, 0.6) is 0 Å². The molecule has 0 amide bonds. The van der Waals surface area contributed by atoms with Crippen LogP contribution in [0.25, 0.3) is 0 Å². The molecule has 0 radical (unpaired) electrons. The standard InChI is InChI=1S/C23H34NO11/c1-8-11-24(6,7)12-9-10-19(29)35-23-22(33-17(5)28)21(32-16(4)27)20(31-15(3)26)18(34-23)13-30-14(2)25/h1,18,20-23H,9-13H2,2-7H3/q+1/t18-,20-,21+,22-,23?/m1/s1. The fraction of sp³-hybridized carbons (Fsp3) is 0.696. The van der Waals surface area contributed by atoms with Gasteiger partial charge >= 0.3 is 29.8 Å². The lowest BCUT2D eigenvalue weighted by Crippen LogP contribution is -2.63. The lowest BCUT2D eigenvalue weighted by molar-refractivity contribution is -0.883. The van der Waals surface area contributed by atoms with E-state index in [0.29, 0.717) is 24.0 Å². The van der Waals surface area contributed by atoms with Crippen molar-refractivity contribution in [1.82, 2.24) is 0 Å². The number of ether oxygens (including phenoxy) is 6. The van der Waals surface area contributed by atoms with Crippen molar-refractivity contribution in [2.24, 2.45) is 0 Å². The average molecular weight is 501 g/mol. The topological polar surface area (TPSA) is 141 Å². The number of carbonyl (C=O) groups is 5. The largest absolute Gasteiger partial charge is 0.463 e. The summed E-state index contributed by atoms with van der Waals surface area (Å²) in [6.07, 6.45) is -1.10. The molecule has 1 aliphatic heterocycles. The van der Waals surface area contributed by atoms with Gasteiger partial charge in [-0.3, -0.25) is 24.0 Å². The van der Waals surface area contributed by atoms with Crippen LogP contribution >= 0.6 is 0 Å². The maximum absolute atomic E-state index is 12.6. The summed E-state index contributed by atoms with van der Waals surface area (Å²) in [5.41, 5.74) is 0. The molecule has 0 aromatic rings. The Morgan fingerprint density at radius 3 is 1.89 bits per heavy atom. The third kappa shape index (κ3) is 10.7. The summed E-state index contributed by atoms with van der Waals surface area (Å²) in [7, 11) is 3.84. The number of quaternary nitrogens is 1. The normalized spacial score (nSPS) is 23.9. The van der Waals surface area contributed by atoms with Crippen molar-refractivity contribution in [3.05, 3.63) is 0 Å². The molecule has 1 aliphatic rings. The molecule has 1 saturated heterocycles. The van der Waals surface area contributed by atoms with E-state index in [2.05, 4.69) is 5.92 Å². The fourth-order valence-corrected chi connectivity index (χ4v) is 3.45. The van der Waals surface area contributed by atoms with Gasteiger partial charge in [0.25, 0.3) is 0 Å². The highest BCUT2D eigenvalue weighted by Gasteiger charge is 2.53. The first-order valence-corrected chi connectivity index (χ1v) is 11.0. The Morgan fingerprint density at radius 1 is 0.829 bits per heavy atom. The number of carbonyl (C=O) groups excluding carboxylic acids is 5. The lowest BCUT2D eigenvalue weighted by Gasteiger charge is -2.43. The number of rotatable bonds is 11. The van der Waals surface area contributed by atoms with E-state index in [9.17, 15) is 24.0 Å². The van der Waals surface area contributed by atoms with Crippen molar-refractivity contribution >= 4 is 29.8 Å². The molecular formula is C23H34NO11+. The minimum Gasteiger partial charge on any atom is -0.463 e. The SMILES string of the molecule is C#CC[N+](C)(C)CCCC(=O)OC1O[C@H](COC(C)=O)[C@@H](OC(C)=O)[C@H](OC(C)=O)[C@H]1OC(C)=O. The van der Waals surface area contributed by atoms with Crippen molar-refractivity contribution < 1.29 is 56.9 Å². The van der Waals surface area contributed by atoms with Gasteiger partial charge < -0.3 is 32.9 Å². The molecule has 35 heavy (non-hydrogen) atoms. The van der Waals surface area contributed by atoms with E-state index in [1.807, 2.05) is 14.1 Å². The summed E-state index contributed by atoms with van der Waals surface area (Å²) in [4.78, 5) is 59.3. The van der Waals surface area contributed by atoms with Gasteiger partial charge in [-0.05, 0) is 5.92 Å². The van der Waals surface area contributed by atoms with E-state index in [1.165, 1.54) is 0 Å². The Kier molecular flexibility index (Phi) is 11.6. The minimum absolute atomic E-state index is 0.000871. The van der Waals surface area contributed by atoms with Crippen molar-refractivity contribution in [3.63, 3.8) is 0 Å². The van der Waals surface area contributed by atoms with Gasteiger partial charge in [0.2, 0.25) is 12.4 Å². The van der Waals surface area contributed by atoms with Gasteiger partial charge in [-0.25, -0.2) is 0 Å². The number of terminal acetylenes is 1. The smallest absolute Gasteiger partial charge is 0.308 e. The van der Waals surface area contributed by atoms with E-state index >= 15 is 0 Å². The van der Waals surface area contributed by atoms with E-state index < -0.39 is 67.2 Å². The summed E-state index contributed by atoms with van der Waals surface area (Å²) in [6.45, 7) is 5.13. The van der Waals surface area contributed by atoms with Crippen LogP contribution in [0.4, 0.5) is 0 Å². The van der Waals surface area contributed by atoms with E-state index in [0.717, 1.165) is 27.7 Å². The van der Waals surface area contributed by atoms with Crippen LogP contribution in [-0.2, 0) is 52.4 Å². The summed E-state index contributed by atoms with van der Waals surface area (Å²) in [5.74, 6) is -1.08. The minimum atomic E-state index is -1.53. The Bertz CT molecular complexity index is 832. The lowest BCUT2D eigenvalue weighted by atomic mass is 9.98. The van der Waals surface area contributed by atoms with Crippen LogP contribution in [0.1, 0.15) is 40.5 Å². The molecule has 12 heteroatoms. The predicted molar refractivity (Wildman–Crippen MR) is 118 cm³/mol. The van der Waals surface area contributed by atoms with E-state index in [4.69, 9.17) is 34.8 Å². The molecule has 1 fully saturated rings. The maximum Gasteiger partial charge on any atom is 0.308 e. The van der Waals surface area contributed by atoms with Crippen LogP contribution in [0.2, 0.25) is 0 Å². The quantitative estimate of drug-likeness (QED) is 0.165. The second-order valence-electron chi connectivity index (χ2n) is 8.68. The first kappa shape index (κ1) is 29.9. The second kappa shape index (κ2) is 13.7. The molecule has 196 valence electrons. The summed E-state index contributed by atoms with van der Waals surface area (Å²) >= 11 is 0. The summed E-state index contributed by atoms with van der Waals surface area (Å²) < 4.78 is 32.4. The first-order valence-electron chi connectivity index (χ1n) is 11.0. The van der Waals surface area contributed by atoms with Gasteiger partial charge in [0.15, 0.2) is 12.2 Å². The van der Waals surface area contributed by atoms with Gasteiger partial charge in [-0.1, -0.05) is 0 Å². The highest BCUT2D eigenvalue weighted by atomic mass is 16.7. The van der Waals surface area contributed by atoms with Crippen LogP contribution in [0, 0.1) is 12.3 Å². The third-order valence-electron chi connectivity index (χ3n) is 4.86.